The summed E-state index contributed by atoms with van der Waals surface area (Å²) in [5.74, 6) is 0.348. The minimum Gasteiger partial charge on any atom is -0.426 e. The largest absolute Gasteiger partial charge is 1.00 e. The number of aromatic nitrogens is 1. The van der Waals surface area contributed by atoms with E-state index in [0.29, 0.717) is 11.4 Å². The molecule has 29 heavy (non-hydrogen) atoms. The number of nitrogens with one attached hydrogen (secondary N) is 1. The van der Waals surface area contributed by atoms with Crippen LogP contribution in [0, 0.1) is 24.7 Å². The molecule has 2 aliphatic rings. The van der Waals surface area contributed by atoms with Crippen molar-refractivity contribution in [2.75, 3.05) is 13.1 Å². The molecule has 2 heterocycles. The van der Waals surface area contributed by atoms with E-state index >= 15 is 0 Å². The maximum atomic E-state index is 8.30. The van der Waals surface area contributed by atoms with Gasteiger partial charge in [0, 0.05) is 17.9 Å². The maximum absolute atomic E-state index is 8.30. The van der Waals surface area contributed by atoms with Crippen LogP contribution in [0.5, 0.6) is 0 Å². The van der Waals surface area contributed by atoms with E-state index in [1.54, 1.807) is 6.20 Å². The van der Waals surface area contributed by atoms with Crippen molar-refractivity contribution in [3.8, 4) is 0 Å². The second kappa shape index (κ2) is 10.1. The zero-order chi connectivity index (χ0) is 19.6. The summed E-state index contributed by atoms with van der Waals surface area (Å²) in [4.78, 5) is 11.8. The fraction of sp³-hybridized carbons (Fsp3) is 0.391. The number of hydrogen-bond donors (Lipinski definition) is 0. The van der Waals surface area contributed by atoms with Crippen molar-refractivity contribution in [3.05, 3.63) is 76.3 Å². The van der Waals surface area contributed by atoms with Crippen molar-refractivity contribution in [3.63, 3.8) is 0 Å². The smallest absolute Gasteiger partial charge is 0.426 e. The van der Waals surface area contributed by atoms with Crippen molar-refractivity contribution in [1.29, 1.82) is 0 Å². The van der Waals surface area contributed by atoms with Crippen LogP contribution in [0.25, 0.3) is 5.73 Å². The van der Waals surface area contributed by atoms with E-state index < -0.39 is 0 Å². The monoisotopic (exact) mass is 429 g/mol. The van der Waals surface area contributed by atoms with Crippen molar-refractivity contribution in [1.82, 2.24) is 9.88 Å². The molecule has 6 heteroatoms. The second-order valence-corrected chi connectivity index (χ2v) is 8.81. The Morgan fingerprint density at radius 3 is 2.48 bits per heavy atom. The number of likely N-dealkylation sites (tertiary alicyclic amines) is 1. The molecule has 4 rings (SSSR count). The summed E-state index contributed by atoms with van der Waals surface area (Å²) in [6, 6.07) is 10.8. The maximum Gasteiger partial charge on any atom is 1.00 e. The van der Waals surface area contributed by atoms with Gasteiger partial charge in [-0.05, 0) is 85.7 Å². The third kappa shape index (κ3) is 5.35. The van der Waals surface area contributed by atoms with Crippen LogP contribution >= 0.6 is 11.8 Å². The van der Waals surface area contributed by atoms with Crippen LogP contribution in [0.15, 0.2) is 52.6 Å². The van der Waals surface area contributed by atoms with Crippen LogP contribution in [0.2, 0.25) is 0 Å². The van der Waals surface area contributed by atoms with Crippen LogP contribution in [-0.2, 0) is 12.8 Å². The van der Waals surface area contributed by atoms with E-state index in [2.05, 4.69) is 51.5 Å². The molecule has 0 radical (unpaired) electrons. The van der Waals surface area contributed by atoms with E-state index in [0.717, 1.165) is 36.5 Å². The Morgan fingerprint density at radius 1 is 1.17 bits per heavy atom. The minimum absolute atomic E-state index is 0. The summed E-state index contributed by atoms with van der Waals surface area (Å²) in [5.41, 5.74) is 13.9. The number of benzene rings is 1. The van der Waals surface area contributed by atoms with Gasteiger partial charge in [-0.25, -0.2) is 6.20 Å². The first-order chi connectivity index (χ1) is 13.6. The number of pyridine rings is 1. The van der Waals surface area contributed by atoms with Crippen molar-refractivity contribution in [2.45, 2.75) is 44.4 Å². The van der Waals surface area contributed by atoms with Gasteiger partial charge in [-0.3, -0.25) is 4.98 Å². The molecular weight excluding hydrogens is 403 g/mol. The summed E-state index contributed by atoms with van der Waals surface area (Å²) in [6.07, 6.45) is 8.09. The molecule has 1 aliphatic heterocycles. The SMILES string of the molecule is Cc1nccc(S[C-]=CN=C([NH-])N2CCC3(CC2)Cc2ccccc2C3)c1C.[K+]. The summed E-state index contributed by atoms with van der Waals surface area (Å²) >= 11 is 1.50. The Balaban J connectivity index is 0.00000240. The van der Waals surface area contributed by atoms with Gasteiger partial charge < -0.3 is 32.8 Å². The second-order valence-electron chi connectivity index (χ2n) is 7.93. The van der Waals surface area contributed by atoms with Gasteiger partial charge in [0.05, 0.1) is 0 Å². The Hall–Kier alpha value is -0.634. The third-order valence-electron chi connectivity index (χ3n) is 6.19. The molecule has 1 spiro atoms. The Morgan fingerprint density at radius 2 is 1.83 bits per heavy atom. The van der Waals surface area contributed by atoms with Gasteiger partial charge in [0.25, 0.3) is 0 Å². The van der Waals surface area contributed by atoms with Crippen molar-refractivity contribution >= 4 is 17.7 Å². The molecule has 0 bridgehead atoms. The van der Waals surface area contributed by atoms with E-state index in [1.165, 1.54) is 41.3 Å². The molecule has 1 aromatic heterocycles. The zero-order valence-electron chi connectivity index (χ0n) is 17.5. The molecule has 1 fully saturated rings. The van der Waals surface area contributed by atoms with Gasteiger partial charge in [0.2, 0.25) is 0 Å². The van der Waals surface area contributed by atoms with Crippen molar-refractivity contribution in [2.24, 2.45) is 10.4 Å². The van der Waals surface area contributed by atoms with Crippen LogP contribution < -0.4 is 51.4 Å². The molecule has 0 amide bonds. The number of aryl methyl sites for hydroxylation is 1. The van der Waals surface area contributed by atoms with Crippen LogP contribution in [0.1, 0.15) is 35.2 Å². The van der Waals surface area contributed by atoms with Gasteiger partial charge in [-0.1, -0.05) is 24.3 Å². The zero-order valence-corrected chi connectivity index (χ0v) is 21.5. The predicted molar refractivity (Wildman–Crippen MR) is 116 cm³/mol. The quantitative estimate of drug-likeness (QED) is 0.247. The van der Waals surface area contributed by atoms with Gasteiger partial charge in [-0.2, -0.15) is 0 Å². The molecule has 146 valence electrons. The normalized spacial score (nSPS) is 18.1. The fourth-order valence-corrected chi connectivity index (χ4v) is 4.97. The van der Waals surface area contributed by atoms with Gasteiger partial charge in [0.1, 0.15) is 0 Å². The topological polar surface area (TPSA) is 52.3 Å². The molecular formula is C23H26KN4S-. The summed E-state index contributed by atoms with van der Waals surface area (Å²) in [5, 5.41) is 3.13. The van der Waals surface area contributed by atoms with Gasteiger partial charge in [-0.15, -0.1) is 0 Å². The average molecular weight is 430 g/mol. The molecule has 0 unspecified atom stereocenters. The number of nitrogens with zero attached hydrogens (tertiary/aromatic N) is 3. The number of rotatable bonds is 3. The number of hydrogen-bond acceptors (Lipinski definition) is 3. The van der Waals surface area contributed by atoms with Crippen LogP contribution in [-0.4, -0.2) is 28.9 Å². The van der Waals surface area contributed by atoms with E-state index in [1.807, 2.05) is 19.2 Å². The summed E-state index contributed by atoms with van der Waals surface area (Å²) in [6.45, 7) is 5.91. The van der Waals surface area contributed by atoms with Crippen LogP contribution in [0.4, 0.5) is 0 Å². The molecule has 1 aliphatic carbocycles. The van der Waals surface area contributed by atoms with Crippen molar-refractivity contribution < 1.29 is 51.4 Å². The third-order valence-corrected chi connectivity index (χ3v) is 7.07. The first kappa shape index (κ1) is 23.0. The molecule has 0 atom stereocenters. The van der Waals surface area contributed by atoms with Gasteiger partial charge >= 0.3 is 51.4 Å². The molecule has 0 saturated carbocycles. The molecule has 1 N–H and O–H groups in total. The predicted octanol–water partition coefficient (Wildman–Crippen LogP) is 2.36. The number of thioether (sulfide) groups is 1. The fourth-order valence-electron chi connectivity index (χ4n) is 4.31. The summed E-state index contributed by atoms with van der Waals surface area (Å²) in [7, 11) is 0. The molecule has 4 nitrogen and oxygen atoms in total. The Bertz CT molecular complexity index is 890. The van der Waals surface area contributed by atoms with Gasteiger partial charge in [0.15, 0.2) is 0 Å². The standard InChI is InChI=1S/C23H26N4S.K/c1-17-18(2)25-10-7-21(17)28-14-11-26-22(24)27-12-8-23(9-13-27)15-19-5-3-4-6-20(19)16-23;/h3-7,10-11H,8-9,12-13,15-16H2,1-2H3,(H-,24,26);/q-2;+1. The van der Waals surface area contributed by atoms with E-state index in [9.17, 15) is 0 Å². The Labute approximate surface area is 220 Å². The van der Waals surface area contributed by atoms with E-state index in [-0.39, 0.29) is 51.4 Å². The average Bonchev–Trinajstić information content (AvgIpc) is 3.06. The number of guanidine groups is 1. The molecule has 2 aromatic rings. The number of aliphatic imine (C=N–C) groups is 1. The minimum atomic E-state index is 0. The Kier molecular flexibility index (Phi) is 8.04. The first-order valence-corrected chi connectivity index (χ1v) is 10.7. The molecule has 1 aromatic carbocycles. The van der Waals surface area contributed by atoms with Crippen LogP contribution in [0.3, 0.4) is 0 Å². The molecule has 1 saturated heterocycles. The van der Waals surface area contributed by atoms with E-state index in [4.69, 9.17) is 5.73 Å². The summed E-state index contributed by atoms with van der Waals surface area (Å²) < 4.78 is 0. The number of fused-ring (bicyclic) bond motifs is 1. The first-order valence-electron chi connectivity index (χ1n) is 9.84. The number of piperidine rings is 1.